The van der Waals surface area contributed by atoms with Gasteiger partial charge in [-0.05, 0) is 42.3 Å². The van der Waals surface area contributed by atoms with E-state index in [1.165, 1.54) is 17.0 Å². The monoisotopic (exact) mass is 386 g/mol. The van der Waals surface area contributed by atoms with Crippen LogP contribution in [-0.2, 0) is 9.59 Å². The maximum Gasteiger partial charge on any atom is 0.240 e. The molecule has 4 rings (SSSR count). The van der Waals surface area contributed by atoms with Crippen molar-refractivity contribution in [1.82, 2.24) is 5.32 Å². The lowest BCUT2D eigenvalue weighted by atomic mass is 10.0. The van der Waals surface area contributed by atoms with Gasteiger partial charge in [0.15, 0.2) is 0 Å². The Morgan fingerprint density at radius 1 is 1.30 bits per heavy atom. The van der Waals surface area contributed by atoms with Crippen molar-refractivity contribution in [2.75, 3.05) is 23.8 Å². The van der Waals surface area contributed by atoms with Crippen molar-refractivity contribution in [3.63, 3.8) is 0 Å². The second kappa shape index (κ2) is 7.60. The molecule has 2 aromatic carbocycles. The first-order chi connectivity index (χ1) is 13.1. The fourth-order valence-corrected chi connectivity index (χ4v) is 4.50. The topological polar surface area (TPSA) is 58.6 Å². The summed E-state index contributed by atoms with van der Waals surface area (Å²) in [6, 6.07) is 11.6. The summed E-state index contributed by atoms with van der Waals surface area (Å²) in [5.74, 6) is 0.706. The fraction of sp³-hybridized carbons (Fsp3) is 0.300. The van der Waals surface area contributed by atoms with Gasteiger partial charge in [0.1, 0.15) is 18.1 Å². The molecule has 0 saturated heterocycles. The van der Waals surface area contributed by atoms with Gasteiger partial charge in [-0.1, -0.05) is 12.1 Å². The highest BCUT2D eigenvalue weighted by Crippen LogP contribution is 2.36. The number of amides is 2. The molecule has 1 N–H and O–H groups in total. The average Bonchev–Trinajstić information content (AvgIpc) is 2.81. The van der Waals surface area contributed by atoms with Crippen LogP contribution in [0.25, 0.3) is 0 Å². The highest BCUT2D eigenvalue weighted by atomic mass is 32.2. The van der Waals surface area contributed by atoms with Gasteiger partial charge in [-0.15, -0.1) is 11.8 Å². The predicted octanol–water partition coefficient (Wildman–Crippen LogP) is 3.29. The van der Waals surface area contributed by atoms with Crippen molar-refractivity contribution in [1.29, 1.82) is 0 Å². The molecular weight excluding hydrogens is 367 g/mol. The van der Waals surface area contributed by atoms with Crippen LogP contribution in [-0.4, -0.2) is 30.7 Å². The number of hydrogen-bond acceptors (Lipinski definition) is 4. The van der Waals surface area contributed by atoms with Crippen LogP contribution in [0.3, 0.4) is 0 Å². The number of halogens is 1. The summed E-state index contributed by atoms with van der Waals surface area (Å²) in [6.45, 7) is 0.202. The van der Waals surface area contributed by atoms with Gasteiger partial charge in [-0.25, -0.2) is 4.39 Å². The van der Waals surface area contributed by atoms with Gasteiger partial charge in [-0.3, -0.25) is 14.5 Å². The van der Waals surface area contributed by atoms with E-state index < -0.39 is 0 Å². The van der Waals surface area contributed by atoms with Gasteiger partial charge in [-0.2, -0.15) is 0 Å². The lowest BCUT2D eigenvalue weighted by Crippen LogP contribution is -2.42. The molecular formula is C20H19FN2O3S. The van der Waals surface area contributed by atoms with Gasteiger partial charge in [0, 0.05) is 10.6 Å². The molecule has 2 amide bonds. The highest BCUT2D eigenvalue weighted by molar-refractivity contribution is 7.99. The molecule has 2 aromatic rings. The molecule has 1 unspecified atom stereocenters. The van der Waals surface area contributed by atoms with Gasteiger partial charge in [0.25, 0.3) is 0 Å². The zero-order chi connectivity index (χ0) is 18.8. The lowest BCUT2D eigenvalue weighted by Gasteiger charge is -2.27. The molecule has 0 aromatic heterocycles. The van der Waals surface area contributed by atoms with Crippen LogP contribution in [0, 0.1) is 5.82 Å². The number of para-hydroxylation sites is 2. The van der Waals surface area contributed by atoms with E-state index in [0.29, 0.717) is 18.0 Å². The molecule has 140 valence electrons. The highest BCUT2D eigenvalue weighted by Gasteiger charge is 2.27. The average molecular weight is 386 g/mol. The third-order valence-corrected chi connectivity index (χ3v) is 5.80. The normalized spacial score (nSPS) is 18.8. The minimum atomic E-state index is -0.315. The number of rotatable bonds is 3. The number of ether oxygens (including phenoxy) is 1. The van der Waals surface area contributed by atoms with Crippen molar-refractivity contribution >= 4 is 29.3 Å². The van der Waals surface area contributed by atoms with E-state index in [0.717, 1.165) is 22.6 Å². The lowest BCUT2D eigenvalue weighted by molar-refractivity contribution is -0.124. The van der Waals surface area contributed by atoms with E-state index in [9.17, 15) is 14.0 Å². The maximum absolute atomic E-state index is 13.7. The Bertz CT molecular complexity index is 889. The minimum Gasteiger partial charge on any atom is -0.491 e. The van der Waals surface area contributed by atoms with Crippen molar-refractivity contribution in [2.45, 2.75) is 23.8 Å². The van der Waals surface area contributed by atoms with E-state index in [1.807, 2.05) is 12.1 Å². The molecule has 5 nitrogen and oxygen atoms in total. The van der Waals surface area contributed by atoms with E-state index in [2.05, 4.69) is 5.32 Å². The number of nitrogens with zero attached hydrogens (tertiary/aromatic N) is 1. The first kappa shape index (κ1) is 17.9. The largest absolute Gasteiger partial charge is 0.491 e. The summed E-state index contributed by atoms with van der Waals surface area (Å²) < 4.78 is 19.3. The minimum absolute atomic E-state index is 0.0898. The van der Waals surface area contributed by atoms with Crippen LogP contribution in [0.4, 0.5) is 10.1 Å². The van der Waals surface area contributed by atoms with Gasteiger partial charge < -0.3 is 10.1 Å². The zero-order valence-electron chi connectivity index (χ0n) is 14.6. The van der Waals surface area contributed by atoms with Gasteiger partial charge >= 0.3 is 0 Å². The van der Waals surface area contributed by atoms with E-state index in [4.69, 9.17) is 4.74 Å². The molecule has 7 heteroatoms. The van der Waals surface area contributed by atoms with Gasteiger partial charge in [0.05, 0.1) is 24.8 Å². The molecule has 2 aliphatic heterocycles. The zero-order valence-corrected chi connectivity index (χ0v) is 15.4. The quantitative estimate of drug-likeness (QED) is 0.879. The van der Waals surface area contributed by atoms with Crippen molar-refractivity contribution in [3.05, 3.63) is 53.8 Å². The summed E-state index contributed by atoms with van der Waals surface area (Å²) in [5, 5.41) is 2.97. The third-order valence-electron chi connectivity index (χ3n) is 4.68. The predicted molar refractivity (Wildman–Crippen MR) is 102 cm³/mol. The maximum atomic E-state index is 13.7. The van der Waals surface area contributed by atoms with Crippen molar-refractivity contribution < 1.29 is 18.7 Å². The number of hydrogen-bond donors (Lipinski definition) is 1. The summed E-state index contributed by atoms with van der Waals surface area (Å²) >= 11 is 1.66. The molecule has 0 radical (unpaired) electrons. The fourth-order valence-electron chi connectivity index (χ4n) is 3.39. The number of anilines is 1. The summed E-state index contributed by atoms with van der Waals surface area (Å²) in [7, 11) is 0. The van der Waals surface area contributed by atoms with E-state index in [-0.39, 0.29) is 36.6 Å². The van der Waals surface area contributed by atoms with Crippen LogP contribution in [0.5, 0.6) is 5.75 Å². The summed E-state index contributed by atoms with van der Waals surface area (Å²) in [5.41, 5.74) is 1.39. The number of carbonyl (C=O) groups is 2. The third kappa shape index (κ3) is 3.78. The number of nitrogens with one attached hydrogen (secondary N) is 1. The Hall–Kier alpha value is -2.54. The molecule has 0 aliphatic carbocycles. The summed E-state index contributed by atoms with van der Waals surface area (Å²) in [6.07, 6.45) is 0.941. The first-order valence-corrected chi connectivity index (χ1v) is 9.84. The van der Waals surface area contributed by atoms with Crippen LogP contribution < -0.4 is 15.0 Å². The van der Waals surface area contributed by atoms with Crippen LogP contribution >= 0.6 is 11.8 Å². The Morgan fingerprint density at radius 3 is 3.04 bits per heavy atom. The van der Waals surface area contributed by atoms with E-state index >= 15 is 0 Å². The van der Waals surface area contributed by atoms with E-state index in [1.54, 1.807) is 30.0 Å². The first-order valence-electron chi connectivity index (χ1n) is 8.85. The Labute approximate surface area is 160 Å². The molecule has 0 spiro atoms. The molecule has 2 aliphatic rings. The second-order valence-corrected chi connectivity index (χ2v) is 7.62. The SMILES string of the molecule is O=C(CN1C(=O)CCOc2ccccc21)NC1CCSc2ccc(F)cc21. The van der Waals surface area contributed by atoms with Crippen LogP contribution in [0.2, 0.25) is 0 Å². The van der Waals surface area contributed by atoms with Crippen LogP contribution in [0.1, 0.15) is 24.4 Å². The number of fused-ring (bicyclic) bond motifs is 2. The molecule has 0 fully saturated rings. The van der Waals surface area contributed by atoms with Crippen LogP contribution in [0.15, 0.2) is 47.4 Å². The standard InChI is InChI=1S/C20H19FN2O3S/c21-13-5-6-18-14(11-13)15(8-10-27-18)22-19(24)12-23-16-3-1-2-4-17(16)26-9-7-20(23)25/h1-6,11,15H,7-10,12H2,(H,22,24). The smallest absolute Gasteiger partial charge is 0.240 e. The Kier molecular flexibility index (Phi) is 5.03. The number of carbonyl (C=O) groups excluding carboxylic acids is 2. The molecule has 27 heavy (non-hydrogen) atoms. The van der Waals surface area contributed by atoms with Crippen molar-refractivity contribution in [3.8, 4) is 5.75 Å². The molecule has 0 bridgehead atoms. The number of benzene rings is 2. The second-order valence-electron chi connectivity index (χ2n) is 6.49. The molecule has 2 heterocycles. The number of thioether (sulfide) groups is 1. The summed E-state index contributed by atoms with van der Waals surface area (Å²) in [4.78, 5) is 27.6. The molecule has 1 atom stereocenters. The Balaban J connectivity index is 1.52. The Morgan fingerprint density at radius 2 is 2.15 bits per heavy atom. The molecule has 0 saturated carbocycles. The van der Waals surface area contributed by atoms with Gasteiger partial charge in [0.2, 0.25) is 11.8 Å². The van der Waals surface area contributed by atoms with Crippen molar-refractivity contribution in [2.24, 2.45) is 0 Å².